The number of hydrogen-bond acceptors (Lipinski definition) is 5. The number of carbonyl (C=O) groups excluding carboxylic acids is 2. The number of alkyl halides is 2. The van der Waals surface area contributed by atoms with E-state index in [2.05, 4.69) is 5.32 Å². The molecule has 8 heteroatoms. The van der Waals surface area contributed by atoms with Crippen molar-refractivity contribution in [2.75, 3.05) is 19.0 Å². The van der Waals surface area contributed by atoms with Crippen molar-refractivity contribution in [3.05, 3.63) is 35.2 Å². The molecule has 0 bridgehead atoms. The van der Waals surface area contributed by atoms with Crippen LogP contribution in [-0.4, -0.2) is 29.9 Å². The zero-order chi connectivity index (χ0) is 19.8. The van der Waals surface area contributed by atoms with Crippen LogP contribution in [0.2, 0.25) is 0 Å². The predicted molar refractivity (Wildman–Crippen MR) is 108 cm³/mol. The summed E-state index contributed by atoms with van der Waals surface area (Å²) in [5, 5.41) is 5.04. The Hall–Kier alpha value is -1.76. The fourth-order valence-electron chi connectivity index (χ4n) is 2.73. The minimum Gasteiger partial charge on any atom is -0.497 e. The summed E-state index contributed by atoms with van der Waals surface area (Å²) in [6, 6.07) is 7.31. The first-order valence-electron chi connectivity index (χ1n) is 8.36. The molecule has 3 rings (SSSR count). The number of ether oxygens (including phenoxy) is 2. The predicted octanol–water partition coefficient (Wildman–Crippen LogP) is 5.12. The van der Waals surface area contributed by atoms with E-state index in [4.69, 9.17) is 32.7 Å². The fourth-order valence-corrected chi connectivity index (χ4v) is 4.38. The lowest BCUT2D eigenvalue weighted by atomic mass is 10.0. The molecule has 1 saturated carbocycles. The number of rotatable bonds is 6. The van der Waals surface area contributed by atoms with Gasteiger partial charge in [0, 0.05) is 10.9 Å². The van der Waals surface area contributed by atoms with Crippen molar-refractivity contribution < 1.29 is 19.1 Å². The summed E-state index contributed by atoms with van der Waals surface area (Å²) in [5.74, 6) is -0.104. The van der Waals surface area contributed by atoms with Crippen molar-refractivity contribution in [2.24, 2.45) is 5.41 Å². The van der Waals surface area contributed by atoms with E-state index >= 15 is 0 Å². The third-order valence-electron chi connectivity index (χ3n) is 4.66. The zero-order valence-corrected chi connectivity index (χ0v) is 17.4. The first kappa shape index (κ1) is 20.0. The molecule has 0 saturated heterocycles. The molecule has 1 aromatic carbocycles. The summed E-state index contributed by atoms with van der Waals surface area (Å²) in [6.07, 6.45) is 0.362. The molecule has 0 spiro atoms. The van der Waals surface area contributed by atoms with Gasteiger partial charge in [-0.05, 0) is 38.0 Å². The second-order valence-electron chi connectivity index (χ2n) is 6.47. The van der Waals surface area contributed by atoms with Gasteiger partial charge in [0.15, 0.2) is 0 Å². The Labute approximate surface area is 171 Å². The number of nitrogens with one attached hydrogen (secondary N) is 1. The van der Waals surface area contributed by atoms with Crippen LogP contribution in [0.3, 0.4) is 0 Å². The van der Waals surface area contributed by atoms with Crippen LogP contribution in [-0.2, 0) is 9.53 Å². The molecule has 1 unspecified atom stereocenters. The van der Waals surface area contributed by atoms with Gasteiger partial charge in [0.1, 0.15) is 20.6 Å². The third-order valence-corrected chi connectivity index (χ3v) is 6.65. The number of anilines is 1. The highest BCUT2D eigenvalue weighted by Gasteiger charge is 2.68. The Kier molecular flexibility index (Phi) is 5.43. The van der Waals surface area contributed by atoms with E-state index in [0.717, 1.165) is 5.56 Å². The van der Waals surface area contributed by atoms with Gasteiger partial charge in [-0.2, -0.15) is 0 Å². The lowest BCUT2D eigenvalue weighted by Gasteiger charge is -2.13. The van der Waals surface area contributed by atoms with Gasteiger partial charge in [-0.3, -0.25) is 4.79 Å². The van der Waals surface area contributed by atoms with Crippen LogP contribution in [0, 0.1) is 5.41 Å². The molecule has 2 aromatic rings. The highest BCUT2D eigenvalue weighted by Crippen LogP contribution is 2.64. The second-order valence-corrected chi connectivity index (χ2v) is 8.83. The van der Waals surface area contributed by atoms with Crippen LogP contribution >= 0.6 is 34.5 Å². The molecule has 144 valence electrons. The number of halogens is 2. The van der Waals surface area contributed by atoms with Gasteiger partial charge in [0.25, 0.3) is 0 Å². The highest BCUT2D eigenvalue weighted by atomic mass is 35.5. The largest absolute Gasteiger partial charge is 0.497 e. The number of amides is 1. The Bertz CT molecular complexity index is 878. The molecule has 0 radical (unpaired) electrons. The summed E-state index contributed by atoms with van der Waals surface area (Å²) in [6.45, 7) is 3.66. The molecule has 1 heterocycles. The first-order chi connectivity index (χ1) is 12.7. The van der Waals surface area contributed by atoms with Gasteiger partial charge in [0.2, 0.25) is 5.91 Å². The summed E-state index contributed by atoms with van der Waals surface area (Å²) in [5.41, 5.74) is 0.934. The Balaban J connectivity index is 1.95. The second kappa shape index (κ2) is 7.34. The number of thiophene rings is 1. The SMILES string of the molecule is CCOC(=O)c1c(-c2ccc(OC)cc2)csc1NC(=O)C1(C)CC1(Cl)Cl. The number of hydrogen-bond donors (Lipinski definition) is 1. The summed E-state index contributed by atoms with van der Waals surface area (Å²) in [7, 11) is 1.59. The number of benzene rings is 1. The van der Waals surface area contributed by atoms with E-state index in [1.807, 2.05) is 17.5 Å². The van der Waals surface area contributed by atoms with Gasteiger partial charge in [0.05, 0.1) is 19.1 Å². The van der Waals surface area contributed by atoms with E-state index in [1.54, 1.807) is 33.1 Å². The van der Waals surface area contributed by atoms with E-state index in [-0.39, 0.29) is 12.5 Å². The molecule has 1 N–H and O–H groups in total. The molecule has 1 aromatic heterocycles. The van der Waals surface area contributed by atoms with E-state index < -0.39 is 15.7 Å². The minimum absolute atomic E-state index is 0.230. The van der Waals surface area contributed by atoms with Crippen molar-refractivity contribution in [1.82, 2.24) is 0 Å². The molecule has 1 atom stereocenters. The zero-order valence-electron chi connectivity index (χ0n) is 15.1. The lowest BCUT2D eigenvalue weighted by Crippen LogP contribution is -2.26. The van der Waals surface area contributed by atoms with Crippen LogP contribution in [0.5, 0.6) is 5.75 Å². The van der Waals surface area contributed by atoms with Crippen LogP contribution in [0.25, 0.3) is 11.1 Å². The summed E-state index contributed by atoms with van der Waals surface area (Å²) >= 11 is 13.4. The van der Waals surface area contributed by atoms with Crippen molar-refractivity contribution in [3.8, 4) is 16.9 Å². The van der Waals surface area contributed by atoms with Crippen LogP contribution in [0.1, 0.15) is 30.6 Å². The molecule has 1 fully saturated rings. The van der Waals surface area contributed by atoms with E-state index in [1.165, 1.54) is 11.3 Å². The van der Waals surface area contributed by atoms with E-state index in [9.17, 15) is 9.59 Å². The van der Waals surface area contributed by atoms with Crippen molar-refractivity contribution >= 4 is 51.4 Å². The Morgan fingerprint density at radius 2 is 1.89 bits per heavy atom. The topological polar surface area (TPSA) is 64.6 Å². The average Bonchev–Trinajstić information content (AvgIpc) is 2.97. The van der Waals surface area contributed by atoms with E-state index in [0.29, 0.717) is 28.3 Å². The van der Waals surface area contributed by atoms with Crippen molar-refractivity contribution in [2.45, 2.75) is 24.6 Å². The summed E-state index contributed by atoms with van der Waals surface area (Å²) in [4.78, 5) is 25.2. The normalized spacial score (nSPS) is 20.0. The molecular formula is C19H19Cl2NO4S. The average molecular weight is 428 g/mol. The number of carbonyl (C=O) groups is 2. The maximum absolute atomic E-state index is 12.6. The van der Waals surface area contributed by atoms with Gasteiger partial charge in [-0.15, -0.1) is 34.5 Å². The standard InChI is InChI=1S/C19H19Cl2NO4S/c1-4-26-16(23)14-13(11-5-7-12(25-3)8-6-11)9-27-15(14)22-17(24)18(2)10-19(18,20)21/h5-9H,4,10H2,1-3H3,(H,22,24). The maximum atomic E-state index is 12.6. The monoisotopic (exact) mass is 427 g/mol. The van der Waals surface area contributed by atoms with Crippen LogP contribution in [0.15, 0.2) is 29.6 Å². The van der Waals surface area contributed by atoms with Gasteiger partial charge in [-0.25, -0.2) is 4.79 Å². The highest BCUT2D eigenvalue weighted by molar-refractivity contribution is 7.15. The Morgan fingerprint density at radius 1 is 1.26 bits per heavy atom. The first-order valence-corrected chi connectivity index (χ1v) is 9.99. The minimum atomic E-state index is -1.09. The van der Waals surface area contributed by atoms with Gasteiger partial charge in [-0.1, -0.05) is 12.1 Å². The summed E-state index contributed by atoms with van der Waals surface area (Å²) < 4.78 is 9.28. The van der Waals surface area contributed by atoms with Crippen molar-refractivity contribution in [1.29, 1.82) is 0 Å². The number of esters is 1. The fraction of sp³-hybridized carbons (Fsp3) is 0.368. The molecular weight excluding hydrogens is 409 g/mol. The molecule has 0 aliphatic heterocycles. The van der Waals surface area contributed by atoms with Crippen LogP contribution in [0.4, 0.5) is 5.00 Å². The van der Waals surface area contributed by atoms with Gasteiger partial charge >= 0.3 is 5.97 Å². The quantitative estimate of drug-likeness (QED) is 0.512. The molecule has 1 aliphatic carbocycles. The molecule has 5 nitrogen and oxygen atoms in total. The number of methoxy groups -OCH3 is 1. The van der Waals surface area contributed by atoms with Gasteiger partial charge < -0.3 is 14.8 Å². The molecule has 1 aliphatic rings. The van der Waals surface area contributed by atoms with Crippen LogP contribution < -0.4 is 10.1 Å². The smallest absolute Gasteiger partial charge is 0.341 e. The lowest BCUT2D eigenvalue weighted by molar-refractivity contribution is -0.120. The Morgan fingerprint density at radius 3 is 2.41 bits per heavy atom. The molecule has 27 heavy (non-hydrogen) atoms. The molecule has 1 amide bonds. The van der Waals surface area contributed by atoms with Crippen molar-refractivity contribution in [3.63, 3.8) is 0 Å². The third kappa shape index (κ3) is 3.66. The maximum Gasteiger partial charge on any atom is 0.341 e.